The Balaban J connectivity index is 1.85. The van der Waals surface area contributed by atoms with Gasteiger partial charge < -0.3 is 4.57 Å². The smallest absolute Gasteiger partial charge is 0.268 e. The van der Waals surface area contributed by atoms with Crippen LogP contribution in [0.4, 0.5) is 5.13 Å². The van der Waals surface area contributed by atoms with Crippen LogP contribution in [0.15, 0.2) is 41.1 Å². The van der Waals surface area contributed by atoms with Crippen LogP contribution in [0.5, 0.6) is 0 Å². The summed E-state index contributed by atoms with van der Waals surface area (Å²) in [5, 5.41) is 11.8. The lowest BCUT2D eigenvalue weighted by Gasteiger charge is -2.10. The van der Waals surface area contributed by atoms with E-state index in [1.54, 1.807) is 13.8 Å². The Morgan fingerprint density at radius 1 is 1.24 bits per heavy atom. The van der Waals surface area contributed by atoms with Gasteiger partial charge in [-0.2, -0.15) is 14.6 Å². The summed E-state index contributed by atoms with van der Waals surface area (Å²) in [6.07, 6.45) is 1.51. The number of nitrogens with one attached hydrogen (secondary N) is 1. The first-order valence-corrected chi connectivity index (χ1v) is 12.7. The summed E-state index contributed by atoms with van der Waals surface area (Å²) in [4.78, 5) is 16.6. The average molecular weight is 484 g/mol. The molecule has 3 aromatic rings. The first-order chi connectivity index (χ1) is 15.5. The molecule has 0 aliphatic heterocycles. The third kappa shape index (κ3) is 5.56. The number of aromatic nitrogens is 3. The van der Waals surface area contributed by atoms with Crippen molar-refractivity contribution in [3.05, 3.63) is 58.4 Å². The molecule has 1 N–H and O–H groups in total. The van der Waals surface area contributed by atoms with Crippen LogP contribution in [0.25, 0.3) is 11.8 Å². The number of benzene rings is 1. The molecule has 0 unspecified atom stereocenters. The Morgan fingerprint density at radius 2 is 1.91 bits per heavy atom. The van der Waals surface area contributed by atoms with Gasteiger partial charge in [0.2, 0.25) is 15.0 Å². The van der Waals surface area contributed by atoms with Crippen molar-refractivity contribution >= 4 is 38.5 Å². The second-order valence-corrected chi connectivity index (χ2v) is 10.9. The van der Waals surface area contributed by atoms with E-state index in [9.17, 15) is 18.5 Å². The van der Waals surface area contributed by atoms with Crippen LogP contribution in [0.3, 0.4) is 0 Å². The monoisotopic (exact) mass is 483 g/mol. The number of carbonyl (C=O) groups excluding carboxylic acids is 1. The maximum Gasteiger partial charge on any atom is 0.268 e. The molecule has 0 saturated heterocycles. The number of rotatable bonds is 7. The van der Waals surface area contributed by atoms with Gasteiger partial charge in [0.25, 0.3) is 11.1 Å². The summed E-state index contributed by atoms with van der Waals surface area (Å²) in [6, 6.07) is 11.9. The molecule has 0 saturated carbocycles. The van der Waals surface area contributed by atoms with Gasteiger partial charge >= 0.3 is 0 Å². The lowest BCUT2D eigenvalue weighted by atomic mass is 10.1. The fourth-order valence-corrected chi connectivity index (χ4v) is 5.75. The van der Waals surface area contributed by atoms with Gasteiger partial charge in [0, 0.05) is 28.6 Å². The summed E-state index contributed by atoms with van der Waals surface area (Å²) < 4.78 is 30.5. The Bertz CT molecular complexity index is 1360. The van der Waals surface area contributed by atoms with E-state index in [0.29, 0.717) is 0 Å². The lowest BCUT2D eigenvalue weighted by molar-refractivity contribution is -0.112. The zero-order valence-corrected chi connectivity index (χ0v) is 20.7. The van der Waals surface area contributed by atoms with Crippen molar-refractivity contribution in [2.45, 2.75) is 39.8 Å². The van der Waals surface area contributed by atoms with Gasteiger partial charge in [0.15, 0.2) is 0 Å². The highest BCUT2D eigenvalue weighted by Gasteiger charge is 2.23. The first kappa shape index (κ1) is 24.4. The summed E-state index contributed by atoms with van der Waals surface area (Å²) in [5.74, 6) is -0.845. The quantitative estimate of drug-likeness (QED) is 0.397. The summed E-state index contributed by atoms with van der Waals surface area (Å²) in [6.45, 7) is 9.46. The number of sulfone groups is 1. The van der Waals surface area contributed by atoms with Gasteiger partial charge in [0.1, 0.15) is 11.6 Å². The highest BCUT2D eigenvalue weighted by molar-refractivity contribution is 7.91. The van der Waals surface area contributed by atoms with E-state index in [-0.39, 0.29) is 27.5 Å². The molecule has 2 aromatic heterocycles. The standard InChI is InChI=1S/C23H25N5O3S2/c1-14(2)13-33(30,31)23-26-22(32-27-23)25-21(29)19(12-24)11-18-10-16(4)28(17(18)5)20-8-6-15(3)7-9-20/h6-11,14H,13H2,1-5H3,(H,25,26,27,29). The van der Waals surface area contributed by atoms with Crippen molar-refractivity contribution in [3.63, 3.8) is 0 Å². The van der Waals surface area contributed by atoms with E-state index in [4.69, 9.17) is 0 Å². The van der Waals surface area contributed by atoms with E-state index in [0.717, 1.165) is 39.7 Å². The highest BCUT2D eigenvalue weighted by atomic mass is 32.2. The third-order valence-corrected chi connectivity index (χ3v) is 7.48. The number of hydrogen-bond donors (Lipinski definition) is 1. The van der Waals surface area contributed by atoms with Crippen molar-refractivity contribution in [2.24, 2.45) is 5.92 Å². The number of anilines is 1. The molecule has 0 bridgehead atoms. The van der Waals surface area contributed by atoms with Gasteiger partial charge in [0.05, 0.1) is 5.75 Å². The predicted octanol–water partition coefficient (Wildman–Crippen LogP) is 4.23. The average Bonchev–Trinajstić information content (AvgIpc) is 3.31. The molecule has 0 fully saturated rings. The van der Waals surface area contributed by atoms with Crippen LogP contribution in [-0.2, 0) is 14.6 Å². The fourth-order valence-electron chi connectivity index (χ4n) is 3.39. The predicted molar refractivity (Wildman–Crippen MR) is 129 cm³/mol. The topological polar surface area (TPSA) is 118 Å². The van der Waals surface area contributed by atoms with Crippen molar-refractivity contribution in [1.82, 2.24) is 13.9 Å². The van der Waals surface area contributed by atoms with Crippen LogP contribution < -0.4 is 5.32 Å². The van der Waals surface area contributed by atoms with Gasteiger partial charge in [-0.15, -0.1) is 0 Å². The summed E-state index contributed by atoms with van der Waals surface area (Å²) in [7, 11) is -3.63. The van der Waals surface area contributed by atoms with Gasteiger partial charge in [-0.1, -0.05) is 31.5 Å². The number of hydrogen-bond acceptors (Lipinski definition) is 7. The molecule has 0 radical (unpaired) electrons. The SMILES string of the molecule is Cc1ccc(-n2c(C)cc(C=C(C#N)C(=O)Nc3nc(S(=O)(=O)CC(C)C)ns3)c2C)cc1. The Labute approximate surface area is 197 Å². The zero-order chi connectivity index (χ0) is 24.3. The second kappa shape index (κ2) is 9.68. The van der Waals surface area contributed by atoms with Gasteiger partial charge in [-0.3, -0.25) is 10.1 Å². The molecule has 3 rings (SSSR count). The number of nitrogens with zero attached hydrogens (tertiary/aromatic N) is 4. The van der Waals surface area contributed by atoms with Crippen LogP contribution in [-0.4, -0.2) is 34.0 Å². The van der Waals surface area contributed by atoms with Gasteiger partial charge in [-0.25, -0.2) is 8.42 Å². The summed E-state index contributed by atoms with van der Waals surface area (Å²) >= 11 is 0.761. The molecular formula is C23H25N5O3S2. The number of amides is 1. The van der Waals surface area contributed by atoms with Gasteiger partial charge in [-0.05, 0) is 56.5 Å². The molecule has 2 heterocycles. The lowest BCUT2D eigenvalue weighted by Crippen LogP contribution is -2.15. The molecule has 0 spiro atoms. The van der Waals surface area contributed by atoms with Crippen molar-refractivity contribution in [1.29, 1.82) is 5.26 Å². The Kier molecular flexibility index (Phi) is 7.15. The number of nitriles is 1. The maximum atomic E-state index is 12.7. The zero-order valence-electron chi connectivity index (χ0n) is 19.1. The maximum absolute atomic E-state index is 12.7. The second-order valence-electron chi connectivity index (χ2n) is 8.18. The van der Waals surface area contributed by atoms with Crippen LogP contribution >= 0.6 is 11.5 Å². The molecule has 0 atom stereocenters. The van der Waals surface area contributed by atoms with Crippen molar-refractivity contribution < 1.29 is 13.2 Å². The minimum atomic E-state index is -3.63. The van der Waals surface area contributed by atoms with E-state index < -0.39 is 15.7 Å². The molecule has 0 aliphatic rings. The minimum absolute atomic E-state index is 0.0219. The largest absolute Gasteiger partial charge is 0.318 e. The molecule has 1 aromatic carbocycles. The molecular weight excluding hydrogens is 458 g/mol. The molecule has 0 aliphatic carbocycles. The third-order valence-electron chi connectivity index (χ3n) is 4.89. The number of carbonyl (C=O) groups is 1. The van der Waals surface area contributed by atoms with E-state index in [1.807, 2.05) is 57.2 Å². The van der Waals surface area contributed by atoms with E-state index >= 15 is 0 Å². The normalized spacial score (nSPS) is 12.1. The molecule has 33 heavy (non-hydrogen) atoms. The molecule has 1 amide bonds. The number of aryl methyl sites for hydroxylation is 2. The minimum Gasteiger partial charge on any atom is -0.318 e. The van der Waals surface area contributed by atoms with Crippen LogP contribution in [0, 0.1) is 38.0 Å². The molecule has 10 heteroatoms. The molecule has 172 valence electrons. The summed E-state index contributed by atoms with van der Waals surface area (Å²) in [5.41, 5.74) is 4.60. The fraction of sp³-hybridized carbons (Fsp3) is 0.304. The Hall–Kier alpha value is -3.29. The van der Waals surface area contributed by atoms with E-state index in [1.165, 1.54) is 6.08 Å². The van der Waals surface area contributed by atoms with Crippen molar-refractivity contribution in [2.75, 3.05) is 11.1 Å². The van der Waals surface area contributed by atoms with E-state index in [2.05, 4.69) is 19.2 Å². The highest BCUT2D eigenvalue weighted by Crippen LogP contribution is 2.24. The molecule has 8 nitrogen and oxygen atoms in total. The Morgan fingerprint density at radius 3 is 2.52 bits per heavy atom. The van der Waals surface area contributed by atoms with Crippen LogP contribution in [0.2, 0.25) is 0 Å². The van der Waals surface area contributed by atoms with Crippen molar-refractivity contribution in [3.8, 4) is 11.8 Å². The first-order valence-electron chi connectivity index (χ1n) is 10.3. The van der Waals surface area contributed by atoms with Crippen LogP contribution in [0.1, 0.15) is 36.4 Å².